The normalized spacial score (nSPS) is 26.4. The van der Waals surface area contributed by atoms with Gasteiger partial charge < -0.3 is 14.8 Å². The van der Waals surface area contributed by atoms with E-state index >= 15 is 0 Å². The molecule has 4 heteroatoms. The first-order valence-corrected chi connectivity index (χ1v) is 8.35. The Morgan fingerprint density at radius 1 is 1.20 bits per heavy atom. The summed E-state index contributed by atoms with van der Waals surface area (Å²) in [4.78, 5) is 2.68. The Hall–Kier alpha value is -0.160. The molecule has 4 nitrogen and oxygen atoms in total. The maximum Gasteiger partial charge on any atom is 0.0700 e. The average Bonchev–Trinajstić information content (AvgIpc) is 2.90. The monoisotopic (exact) mass is 284 g/mol. The highest BCUT2D eigenvalue weighted by Crippen LogP contribution is 2.33. The Bertz CT molecular complexity index is 267. The second kappa shape index (κ2) is 8.32. The molecule has 2 rings (SSSR count). The molecule has 1 heterocycles. The summed E-state index contributed by atoms with van der Waals surface area (Å²) in [5, 5.41) is 3.87. The quantitative estimate of drug-likeness (QED) is 0.692. The zero-order valence-corrected chi connectivity index (χ0v) is 13.3. The highest BCUT2D eigenvalue weighted by atomic mass is 16.5. The van der Waals surface area contributed by atoms with Crippen LogP contribution in [0.4, 0.5) is 0 Å². The molecule has 0 aromatic rings. The van der Waals surface area contributed by atoms with Gasteiger partial charge in [-0.1, -0.05) is 26.2 Å². The molecule has 1 N–H and O–H groups in total. The van der Waals surface area contributed by atoms with Crippen LogP contribution in [0.1, 0.15) is 45.4 Å². The molecule has 20 heavy (non-hydrogen) atoms. The first-order chi connectivity index (χ1) is 9.79. The van der Waals surface area contributed by atoms with Gasteiger partial charge in [-0.05, 0) is 19.3 Å². The Morgan fingerprint density at radius 3 is 2.70 bits per heavy atom. The average molecular weight is 284 g/mol. The lowest BCUT2D eigenvalue weighted by Gasteiger charge is -2.46. The minimum absolute atomic E-state index is 0.413. The van der Waals surface area contributed by atoms with Crippen LogP contribution in [0.2, 0.25) is 0 Å². The van der Waals surface area contributed by atoms with Crippen molar-refractivity contribution in [1.82, 2.24) is 10.2 Å². The summed E-state index contributed by atoms with van der Waals surface area (Å²) in [6.45, 7) is 7.97. The zero-order chi connectivity index (χ0) is 14.3. The van der Waals surface area contributed by atoms with Crippen molar-refractivity contribution < 1.29 is 9.47 Å². The Kier molecular flexibility index (Phi) is 6.75. The minimum atomic E-state index is 0.413. The van der Waals surface area contributed by atoms with Crippen LogP contribution in [-0.2, 0) is 9.47 Å². The van der Waals surface area contributed by atoms with Crippen LogP contribution in [0.25, 0.3) is 0 Å². The summed E-state index contributed by atoms with van der Waals surface area (Å²) in [7, 11) is 1.72. The molecule has 1 aliphatic heterocycles. The summed E-state index contributed by atoms with van der Waals surface area (Å²) in [5.74, 6) is 0. The Labute approximate surface area is 124 Å². The summed E-state index contributed by atoms with van der Waals surface area (Å²) < 4.78 is 10.7. The molecule has 1 unspecified atom stereocenters. The number of piperazine rings is 1. The smallest absolute Gasteiger partial charge is 0.0700 e. The molecule has 2 fully saturated rings. The molecular weight excluding hydrogens is 252 g/mol. The third-order valence-corrected chi connectivity index (χ3v) is 4.87. The van der Waals surface area contributed by atoms with E-state index in [1.54, 1.807) is 7.11 Å². The van der Waals surface area contributed by atoms with Gasteiger partial charge in [0.05, 0.1) is 19.8 Å². The van der Waals surface area contributed by atoms with Crippen molar-refractivity contribution >= 4 is 0 Å². The van der Waals surface area contributed by atoms with Crippen molar-refractivity contribution in [3.63, 3.8) is 0 Å². The molecular formula is C16H32N2O2. The lowest BCUT2D eigenvalue weighted by Crippen LogP contribution is -2.63. The van der Waals surface area contributed by atoms with E-state index in [0.717, 1.165) is 19.7 Å². The van der Waals surface area contributed by atoms with E-state index in [4.69, 9.17) is 9.47 Å². The number of hydrogen-bond donors (Lipinski definition) is 1. The SMILES string of the molecule is CCCC1CNC2(CCCC2)CN1CCOCCOC. The number of methoxy groups -OCH3 is 1. The molecule has 0 bridgehead atoms. The van der Waals surface area contributed by atoms with Gasteiger partial charge in [0.2, 0.25) is 0 Å². The van der Waals surface area contributed by atoms with E-state index in [1.165, 1.54) is 45.1 Å². The predicted molar refractivity (Wildman–Crippen MR) is 82.2 cm³/mol. The van der Waals surface area contributed by atoms with Crippen molar-refractivity contribution in [2.45, 2.75) is 57.0 Å². The second-order valence-electron chi connectivity index (χ2n) is 6.39. The van der Waals surface area contributed by atoms with Crippen molar-refractivity contribution in [2.75, 3.05) is 46.6 Å². The van der Waals surface area contributed by atoms with Crippen LogP contribution < -0.4 is 5.32 Å². The third kappa shape index (κ3) is 4.42. The van der Waals surface area contributed by atoms with Gasteiger partial charge in [-0.25, -0.2) is 0 Å². The standard InChI is InChI=1S/C16H32N2O2/c1-3-6-15-13-17-16(7-4-5-8-16)14-18(15)9-10-20-12-11-19-2/h15,17H,3-14H2,1-2H3. The van der Waals surface area contributed by atoms with E-state index in [0.29, 0.717) is 24.8 Å². The number of rotatable bonds is 8. The van der Waals surface area contributed by atoms with Crippen LogP contribution in [0.15, 0.2) is 0 Å². The van der Waals surface area contributed by atoms with Gasteiger partial charge >= 0.3 is 0 Å². The molecule has 0 aromatic heterocycles. The summed E-state index contributed by atoms with van der Waals surface area (Å²) in [5.41, 5.74) is 0.413. The van der Waals surface area contributed by atoms with Gasteiger partial charge in [0.1, 0.15) is 0 Å². The Morgan fingerprint density at radius 2 is 2.00 bits per heavy atom. The topological polar surface area (TPSA) is 33.7 Å². The van der Waals surface area contributed by atoms with E-state index in [1.807, 2.05) is 0 Å². The molecule has 118 valence electrons. The zero-order valence-electron chi connectivity index (χ0n) is 13.3. The molecule has 1 saturated heterocycles. The van der Waals surface area contributed by atoms with E-state index in [-0.39, 0.29) is 0 Å². The van der Waals surface area contributed by atoms with Gasteiger partial charge in [-0.3, -0.25) is 4.90 Å². The Balaban J connectivity index is 1.79. The van der Waals surface area contributed by atoms with Gasteiger partial charge in [-0.2, -0.15) is 0 Å². The van der Waals surface area contributed by atoms with Crippen molar-refractivity contribution in [3.8, 4) is 0 Å². The molecule has 0 radical (unpaired) electrons. The van der Waals surface area contributed by atoms with Crippen LogP contribution in [0.3, 0.4) is 0 Å². The lowest BCUT2D eigenvalue weighted by atomic mass is 9.91. The fraction of sp³-hybridized carbons (Fsp3) is 1.00. The largest absolute Gasteiger partial charge is 0.382 e. The highest BCUT2D eigenvalue weighted by Gasteiger charge is 2.40. The van der Waals surface area contributed by atoms with E-state index in [9.17, 15) is 0 Å². The molecule has 1 saturated carbocycles. The van der Waals surface area contributed by atoms with Crippen LogP contribution in [0.5, 0.6) is 0 Å². The van der Waals surface area contributed by atoms with Gasteiger partial charge in [0.25, 0.3) is 0 Å². The predicted octanol–water partition coefficient (Wildman–Crippen LogP) is 2.04. The molecule has 1 atom stereocenters. The molecule has 2 aliphatic rings. The molecule has 1 spiro atoms. The maximum atomic E-state index is 5.67. The highest BCUT2D eigenvalue weighted by molar-refractivity contribution is 5.00. The van der Waals surface area contributed by atoms with Crippen molar-refractivity contribution in [3.05, 3.63) is 0 Å². The summed E-state index contributed by atoms with van der Waals surface area (Å²) in [6.07, 6.45) is 8.05. The number of ether oxygens (including phenoxy) is 2. The maximum absolute atomic E-state index is 5.67. The fourth-order valence-electron chi connectivity index (χ4n) is 3.73. The minimum Gasteiger partial charge on any atom is -0.382 e. The van der Waals surface area contributed by atoms with Gasteiger partial charge in [-0.15, -0.1) is 0 Å². The van der Waals surface area contributed by atoms with E-state index in [2.05, 4.69) is 17.1 Å². The van der Waals surface area contributed by atoms with Crippen LogP contribution >= 0.6 is 0 Å². The number of nitrogens with one attached hydrogen (secondary N) is 1. The fourth-order valence-corrected chi connectivity index (χ4v) is 3.73. The van der Waals surface area contributed by atoms with E-state index < -0.39 is 0 Å². The van der Waals surface area contributed by atoms with Gasteiger partial charge in [0.15, 0.2) is 0 Å². The van der Waals surface area contributed by atoms with Crippen LogP contribution in [-0.4, -0.2) is 63.0 Å². The summed E-state index contributed by atoms with van der Waals surface area (Å²) in [6, 6.07) is 0.692. The molecule has 1 aliphatic carbocycles. The summed E-state index contributed by atoms with van der Waals surface area (Å²) >= 11 is 0. The molecule has 0 aromatic carbocycles. The van der Waals surface area contributed by atoms with Gasteiger partial charge in [0, 0.05) is 38.3 Å². The number of nitrogens with zero attached hydrogens (tertiary/aromatic N) is 1. The second-order valence-corrected chi connectivity index (χ2v) is 6.39. The van der Waals surface area contributed by atoms with Crippen LogP contribution in [0, 0.1) is 0 Å². The first kappa shape index (κ1) is 16.2. The molecule has 0 amide bonds. The lowest BCUT2D eigenvalue weighted by molar-refractivity contribution is 0.0235. The first-order valence-electron chi connectivity index (χ1n) is 8.35. The van der Waals surface area contributed by atoms with Crippen molar-refractivity contribution in [1.29, 1.82) is 0 Å². The number of hydrogen-bond acceptors (Lipinski definition) is 4. The third-order valence-electron chi connectivity index (χ3n) is 4.87. The van der Waals surface area contributed by atoms with Crippen molar-refractivity contribution in [2.24, 2.45) is 0 Å².